The van der Waals surface area contributed by atoms with Crippen molar-refractivity contribution in [2.45, 2.75) is 112 Å². The van der Waals surface area contributed by atoms with Crippen LogP contribution in [0.1, 0.15) is 81.6 Å². The molecular formula is C37H68N10O9. The number of primary amides is 1. The molecule has 0 aliphatic heterocycles. The maximum absolute atomic E-state index is 13.8. The predicted octanol–water partition coefficient (Wildman–Crippen LogP) is 1.70. The van der Waals surface area contributed by atoms with Crippen LogP contribution in [0.25, 0.3) is 0 Å². The van der Waals surface area contributed by atoms with Crippen molar-refractivity contribution in [2.75, 3.05) is 49.3 Å². The van der Waals surface area contributed by atoms with Gasteiger partial charge in [-0.05, 0) is 49.9 Å². The van der Waals surface area contributed by atoms with E-state index in [-0.39, 0.29) is 30.6 Å². The minimum Gasteiger partial charge on any atom is -0.368 e. The highest BCUT2D eigenvalue weighted by atomic mass is 16.2. The fraction of sp³-hybridized carbons (Fsp3) is 0.757. The number of urea groups is 4. The Morgan fingerprint density at radius 2 is 0.964 bits per heavy atom. The van der Waals surface area contributed by atoms with Crippen molar-refractivity contribution in [3.8, 4) is 0 Å². The van der Waals surface area contributed by atoms with E-state index < -0.39 is 89.8 Å². The van der Waals surface area contributed by atoms with Gasteiger partial charge >= 0.3 is 24.1 Å². The number of hydrogen-bond donors (Lipinski definition) is 4. The van der Waals surface area contributed by atoms with Gasteiger partial charge in [-0.3, -0.25) is 34.2 Å². The lowest BCUT2D eigenvalue weighted by molar-refractivity contribution is -0.145. The SMILES string of the molecule is CNC(=O)N(C)[C@@H](CC(C)C)C(=O)N(C)C(=O)N(C)C(=O)NC(=O)N(C)[C@H](C)C(=O)N(C)[C@@H](CC(C)C)C(=O)N[C@H](C(=O)N(C)[C@@H](CC(C)C)C(N)=O)C(C)C. The van der Waals surface area contributed by atoms with Gasteiger partial charge in [0.15, 0.2) is 0 Å². The number of rotatable bonds is 17. The smallest absolute Gasteiger partial charge is 0.334 e. The lowest BCUT2D eigenvalue weighted by Gasteiger charge is -2.36. The van der Waals surface area contributed by atoms with Crippen LogP contribution in [0, 0.1) is 23.7 Å². The summed E-state index contributed by atoms with van der Waals surface area (Å²) >= 11 is 0. The second kappa shape index (κ2) is 22.6. The molecule has 0 rings (SSSR count). The first-order valence-corrected chi connectivity index (χ1v) is 18.8. The van der Waals surface area contributed by atoms with Crippen LogP contribution >= 0.6 is 0 Å². The van der Waals surface area contributed by atoms with Crippen LogP contribution in [0.2, 0.25) is 0 Å². The molecule has 19 heteroatoms. The van der Waals surface area contributed by atoms with Crippen LogP contribution in [0.5, 0.6) is 0 Å². The van der Waals surface area contributed by atoms with Crippen molar-refractivity contribution in [1.82, 2.24) is 45.3 Å². The predicted molar refractivity (Wildman–Crippen MR) is 211 cm³/mol. The average molecular weight is 797 g/mol. The molecule has 5 N–H and O–H groups in total. The fourth-order valence-corrected chi connectivity index (χ4v) is 5.81. The van der Waals surface area contributed by atoms with Crippen LogP contribution in [0.4, 0.5) is 19.2 Å². The van der Waals surface area contributed by atoms with E-state index in [4.69, 9.17) is 5.73 Å². The van der Waals surface area contributed by atoms with E-state index >= 15 is 0 Å². The highest BCUT2D eigenvalue weighted by Crippen LogP contribution is 2.18. The molecule has 0 aliphatic carbocycles. The molecule has 0 aromatic carbocycles. The topological polar surface area (TPSA) is 235 Å². The third-order valence-electron chi connectivity index (χ3n) is 9.54. The summed E-state index contributed by atoms with van der Waals surface area (Å²) < 4.78 is 0. The summed E-state index contributed by atoms with van der Waals surface area (Å²) in [5.74, 6) is -3.69. The number of nitrogens with zero attached hydrogens (tertiary/aromatic N) is 6. The Morgan fingerprint density at radius 1 is 0.518 bits per heavy atom. The zero-order chi connectivity index (χ0) is 44.1. The molecular weight excluding hydrogens is 728 g/mol. The quantitative estimate of drug-likeness (QED) is 0.168. The number of amides is 13. The third kappa shape index (κ3) is 14.3. The minimum absolute atomic E-state index is 0.0299. The van der Waals surface area contributed by atoms with E-state index in [9.17, 15) is 43.2 Å². The van der Waals surface area contributed by atoms with E-state index in [1.165, 1.54) is 52.0 Å². The Morgan fingerprint density at radius 3 is 1.39 bits per heavy atom. The van der Waals surface area contributed by atoms with Gasteiger partial charge in [-0.15, -0.1) is 0 Å². The zero-order valence-electron chi connectivity index (χ0n) is 36.3. The summed E-state index contributed by atoms with van der Waals surface area (Å²) in [4.78, 5) is 124. The van der Waals surface area contributed by atoms with E-state index in [0.717, 1.165) is 23.9 Å². The molecule has 320 valence electrons. The summed E-state index contributed by atoms with van der Waals surface area (Å²) in [6.45, 7) is 16.0. The summed E-state index contributed by atoms with van der Waals surface area (Å²) in [6, 6.07) is -9.16. The van der Waals surface area contributed by atoms with Gasteiger partial charge in [0.25, 0.3) is 5.91 Å². The van der Waals surface area contributed by atoms with Gasteiger partial charge in [-0.2, -0.15) is 0 Å². The molecule has 0 aliphatic rings. The fourth-order valence-electron chi connectivity index (χ4n) is 5.81. The molecule has 56 heavy (non-hydrogen) atoms. The molecule has 0 radical (unpaired) electrons. The van der Waals surface area contributed by atoms with E-state index in [0.29, 0.717) is 16.2 Å². The average Bonchev–Trinajstić information content (AvgIpc) is 3.12. The Hall–Kier alpha value is -4.97. The van der Waals surface area contributed by atoms with E-state index in [1.807, 2.05) is 46.9 Å². The minimum atomic E-state index is -1.22. The van der Waals surface area contributed by atoms with Gasteiger partial charge in [-0.1, -0.05) is 55.4 Å². The number of nitrogens with two attached hydrogens (primary N) is 1. The Balaban J connectivity index is 6.03. The highest BCUT2D eigenvalue weighted by Gasteiger charge is 2.39. The molecule has 0 saturated heterocycles. The van der Waals surface area contributed by atoms with Crippen molar-refractivity contribution in [1.29, 1.82) is 0 Å². The first-order chi connectivity index (χ1) is 25.6. The Labute approximate surface area is 332 Å². The standard InChI is InChI=1S/C37H68N10O9/c1-20(2)17-25(29(38)48)43(12)33(52)28(23(7)8)40-30(49)26(18-21(3)4)44(13)31(50)24(9)42(11)35(54)41-36(55)47(16)37(56)46(15)32(51)27(19-22(5)6)45(14)34(53)39-10/h20-28H,17-19H2,1-16H3,(H2,38,48)(H,39,53)(H,40,49)(H,41,54,55)/t24-,25+,26+,27+,28+/m1/s1. The number of carbonyl (C=O) groups excluding carboxylic acids is 9. The van der Waals surface area contributed by atoms with Crippen molar-refractivity contribution >= 4 is 53.7 Å². The molecule has 5 atom stereocenters. The zero-order valence-corrected chi connectivity index (χ0v) is 36.3. The van der Waals surface area contributed by atoms with Crippen LogP contribution in [-0.4, -0.2) is 163 Å². The van der Waals surface area contributed by atoms with Crippen LogP contribution in [0.3, 0.4) is 0 Å². The lowest BCUT2D eigenvalue weighted by Crippen LogP contribution is -2.60. The summed E-state index contributed by atoms with van der Waals surface area (Å²) in [6.07, 6.45) is 0.745. The van der Waals surface area contributed by atoms with Gasteiger partial charge in [0.05, 0.1) is 0 Å². The van der Waals surface area contributed by atoms with Crippen molar-refractivity contribution in [2.24, 2.45) is 29.4 Å². The number of hydrogen-bond acceptors (Lipinski definition) is 9. The maximum Gasteiger partial charge on any atom is 0.334 e. The van der Waals surface area contributed by atoms with Gasteiger partial charge in [-0.25, -0.2) is 24.1 Å². The number of carbonyl (C=O) groups is 9. The Bertz CT molecular complexity index is 1440. The monoisotopic (exact) mass is 797 g/mol. The number of likely N-dealkylation sites (N-methyl/N-ethyl adjacent to an activating group) is 5. The molecule has 19 nitrogen and oxygen atoms in total. The lowest BCUT2D eigenvalue weighted by atomic mass is 9.97. The second-order valence-electron chi connectivity index (χ2n) is 15.9. The first kappa shape index (κ1) is 51.0. The normalized spacial score (nSPS) is 13.9. The number of nitrogens with one attached hydrogen (secondary N) is 3. The molecule has 0 unspecified atom stereocenters. The van der Waals surface area contributed by atoms with Crippen LogP contribution < -0.4 is 21.7 Å². The first-order valence-electron chi connectivity index (χ1n) is 18.8. The summed E-state index contributed by atoms with van der Waals surface area (Å²) in [5.41, 5.74) is 5.61. The molecule has 0 aromatic rings. The van der Waals surface area contributed by atoms with Crippen molar-refractivity contribution in [3.05, 3.63) is 0 Å². The molecule has 0 aromatic heterocycles. The van der Waals surface area contributed by atoms with Gasteiger partial charge in [0.1, 0.15) is 30.2 Å². The van der Waals surface area contributed by atoms with Crippen LogP contribution in [-0.2, 0) is 24.0 Å². The van der Waals surface area contributed by atoms with Crippen molar-refractivity contribution in [3.63, 3.8) is 0 Å². The number of imide groups is 3. The third-order valence-corrected chi connectivity index (χ3v) is 9.54. The second-order valence-corrected chi connectivity index (χ2v) is 15.9. The summed E-state index contributed by atoms with van der Waals surface area (Å²) in [5, 5.41) is 7.23. The van der Waals surface area contributed by atoms with Crippen LogP contribution in [0.15, 0.2) is 0 Å². The van der Waals surface area contributed by atoms with Gasteiger partial charge in [0, 0.05) is 49.3 Å². The molecule has 13 amide bonds. The van der Waals surface area contributed by atoms with Gasteiger partial charge < -0.3 is 36.0 Å². The van der Waals surface area contributed by atoms with E-state index in [2.05, 4.69) is 10.6 Å². The summed E-state index contributed by atoms with van der Waals surface area (Å²) in [7, 11) is 9.10. The molecule has 0 saturated carbocycles. The molecule has 0 heterocycles. The Kier molecular flexibility index (Phi) is 20.5. The molecule has 0 bridgehead atoms. The molecule has 0 fully saturated rings. The van der Waals surface area contributed by atoms with Gasteiger partial charge in [0.2, 0.25) is 23.6 Å². The molecule has 0 spiro atoms. The highest BCUT2D eigenvalue weighted by molar-refractivity contribution is 6.06. The maximum atomic E-state index is 13.8. The van der Waals surface area contributed by atoms with E-state index in [1.54, 1.807) is 13.8 Å². The van der Waals surface area contributed by atoms with Crippen molar-refractivity contribution < 1.29 is 43.2 Å². The largest absolute Gasteiger partial charge is 0.368 e.